The number of benzene rings is 1. The number of hydrogen-bond donors (Lipinski definition) is 2. The predicted molar refractivity (Wildman–Crippen MR) is 78.5 cm³/mol. The van der Waals surface area contributed by atoms with Crippen LogP contribution in [0.1, 0.15) is 23.2 Å². The van der Waals surface area contributed by atoms with Crippen LogP contribution in [0.5, 0.6) is 0 Å². The maximum atomic E-state index is 11.6. The zero-order chi connectivity index (χ0) is 15.2. The lowest BCUT2D eigenvalue weighted by Crippen LogP contribution is -2.18. The molecular weight excluding hydrogens is 274 g/mol. The highest BCUT2D eigenvalue weighted by Crippen LogP contribution is 2.26. The highest BCUT2D eigenvalue weighted by molar-refractivity contribution is 5.95. The Bertz CT molecular complexity index is 527. The van der Waals surface area contributed by atoms with E-state index in [1.807, 2.05) is 0 Å². The molecule has 1 amide bonds. The lowest BCUT2D eigenvalue weighted by Gasteiger charge is -2.11. The number of carbonyl (C=O) groups excluding carboxylic acids is 1. The average Bonchev–Trinajstić information content (AvgIpc) is 2.99. The van der Waals surface area contributed by atoms with Gasteiger partial charge >= 0.3 is 0 Å². The maximum absolute atomic E-state index is 11.6. The fourth-order valence-corrected chi connectivity index (χ4v) is 2.34. The summed E-state index contributed by atoms with van der Waals surface area (Å²) in [6.45, 7) is 2.16. The molecule has 114 valence electrons. The van der Waals surface area contributed by atoms with Gasteiger partial charge in [-0.25, -0.2) is 0 Å². The minimum absolute atomic E-state index is 0.0228. The molecule has 2 N–H and O–H groups in total. The fraction of sp³-hybridized carbons (Fsp3) is 0.500. The van der Waals surface area contributed by atoms with E-state index in [1.165, 1.54) is 25.2 Å². The molecule has 0 spiro atoms. The average molecular weight is 293 g/mol. The number of carbonyl (C=O) groups is 1. The molecule has 7 nitrogen and oxygen atoms in total. The van der Waals surface area contributed by atoms with Crippen LogP contribution in [0, 0.1) is 16.0 Å². The van der Waals surface area contributed by atoms with E-state index in [9.17, 15) is 14.9 Å². The van der Waals surface area contributed by atoms with E-state index in [1.54, 1.807) is 0 Å². The molecule has 1 unspecified atom stereocenters. The topological polar surface area (TPSA) is 93.5 Å². The molecule has 1 aliphatic rings. The third-order valence-corrected chi connectivity index (χ3v) is 3.57. The Labute approximate surface area is 122 Å². The molecule has 21 heavy (non-hydrogen) atoms. The first-order valence-electron chi connectivity index (χ1n) is 6.94. The van der Waals surface area contributed by atoms with Crippen LogP contribution in [-0.2, 0) is 4.74 Å². The van der Waals surface area contributed by atoms with Crippen LogP contribution in [-0.4, -0.2) is 37.6 Å². The molecule has 1 aromatic rings. The van der Waals surface area contributed by atoms with E-state index in [4.69, 9.17) is 4.74 Å². The zero-order valence-corrected chi connectivity index (χ0v) is 11.9. The van der Waals surface area contributed by atoms with Gasteiger partial charge < -0.3 is 15.4 Å². The van der Waals surface area contributed by atoms with Crippen LogP contribution in [0.15, 0.2) is 18.2 Å². The number of nitro benzene ring substituents is 1. The molecule has 1 heterocycles. The molecule has 1 aliphatic heterocycles. The molecule has 7 heteroatoms. The van der Waals surface area contributed by atoms with E-state index >= 15 is 0 Å². The zero-order valence-electron chi connectivity index (χ0n) is 11.9. The summed E-state index contributed by atoms with van der Waals surface area (Å²) in [6, 6.07) is 4.32. The number of anilines is 1. The minimum atomic E-state index is -0.450. The van der Waals surface area contributed by atoms with Crippen molar-refractivity contribution in [2.45, 2.75) is 12.8 Å². The highest BCUT2D eigenvalue weighted by Gasteiger charge is 2.18. The van der Waals surface area contributed by atoms with Gasteiger partial charge in [0.2, 0.25) is 0 Å². The number of amides is 1. The van der Waals surface area contributed by atoms with Crippen molar-refractivity contribution in [2.24, 2.45) is 5.92 Å². The summed E-state index contributed by atoms with van der Waals surface area (Å²) >= 11 is 0. The van der Waals surface area contributed by atoms with E-state index in [0.29, 0.717) is 23.7 Å². The van der Waals surface area contributed by atoms with Crippen LogP contribution in [0.25, 0.3) is 0 Å². The third-order valence-electron chi connectivity index (χ3n) is 3.57. The molecular formula is C14H19N3O4. The predicted octanol–water partition coefficient (Wildman–Crippen LogP) is 1.79. The van der Waals surface area contributed by atoms with Crippen molar-refractivity contribution in [1.29, 1.82) is 0 Å². The fourth-order valence-electron chi connectivity index (χ4n) is 2.34. The van der Waals surface area contributed by atoms with E-state index in [-0.39, 0.29) is 11.6 Å². The number of rotatable bonds is 6. The summed E-state index contributed by atoms with van der Waals surface area (Å²) in [5.41, 5.74) is 0.750. The highest BCUT2D eigenvalue weighted by atomic mass is 16.6. The molecule has 0 radical (unpaired) electrons. The number of nitro groups is 1. The Balaban J connectivity index is 2.06. The Kier molecular flexibility index (Phi) is 5.10. The van der Waals surface area contributed by atoms with Crippen LogP contribution in [0.2, 0.25) is 0 Å². The van der Waals surface area contributed by atoms with E-state index in [0.717, 1.165) is 26.1 Å². The lowest BCUT2D eigenvalue weighted by atomic mass is 10.1. The first-order valence-corrected chi connectivity index (χ1v) is 6.94. The maximum Gasteiger partial charge on any atom is 0.292 e. The molecule has 0 saturated carbocycles. The van der Waals surface area contributed by atoms with Crippen LogP contribution < -0.4 is 10.6 Å². The summed E-state index contributed by atoms with van der Waals surface area (Å²) in [5.74, 6) is 0.232. The molecule has 1 saturated heterocycles. The van der Waals surface area contributed by atoms with Crippen LogP contribution in [0.4, 0.5) is 11.4 Å². The molecule has 1 fully saturated rings. The molecule has 1 atom stereocenters. The van der Waals surface area contributed by atoms with Crippen molar-refractivity contribution in [1.82, 2.24) is 5.32 Å². The van der Waals surface area contributed by atoms with Crippen molar-refractivity contribution in [3.05, 3.63) is 33.9 Å². The van der Waals surface area contributed by atoms with Gasteiger partial charge in [-0.2, -0.15) is 0 Å². The standard InChI is InChI=1S/C14H19N3O4/c1-15-14(18)11-2-3-13(17(19)20)12(8-11)16-6-4-10-5-7-21-9-10/h2-3,8,10,16H,4-7,9H2,1H3,(H,15,18). The van der Waals surface area contributed by atoms with Gasteiger partial charge in [0, 0.05) is 38.4 Å². The Morgan fingerprint density at radius 2 is 2.33 bits per heavy atom. The molecule has 2 rings (SSSR count). The lowest BCUT2D eigenvalue weighted by molar-refractivity contribution is -0.384. The summed E-state index contributed by atoms with van der Waals surface area (Å²) in [6.07, 6.45) is 1.92. The summed E-state index contributed by atoms with van der Waals surface area (Å²) in [5, 5.41) is 16.6. The molecule has 0 bridgehead atoms. The van der Waals surface area contributed by atoms with Gasteiger partial charge in [-0.15, -0.1) is 0 Å². The normalized spacial score (nSPS) is 17.5. The second-order valence-corrected chi connectivity index (χ2v) is 5.01. The van der Waals surface area contributed by atoms with Crippen molar-refractivity contribution in [2.75, 3.05) is 32.1 Å². The van der Waals surface area contributed by atoms with Crippen LogP contribution >= 0.6 is 0 Å². The quantitative estimate of drug-likeness (QED) is 0.616. The van der Waals surface area contributed by atoms with Crippen LogP contribution in [0.3, 0.4) is 0 Å². The summed E-state index contributed by atoms with van der Waals surface area (Å²) in [4.78, 5) is 22.2. The number of ether oxygens (including phenoxy) is 1. The van der Waals surface area contributed by atoms with Gasteiger partial charge in [0.1, 0.15) is 5.69 Å². The molecule has 1 aromatic carbocycles. The first-order chi connectivity index (χ1) is 10.1. The molecule has 0 aromatic heterocycles. The van der Waals surface area contributed by atoms with Crippen molar-refractivity contribution in [3.63, 3.8) is 0 Å². The Morgan fingerprint density at radius 1 is 1.52 bits per heavy atom. The monoisotopic (exact) mass is 293 g/mol. The summed E-state index contributed by atoms with van der Waals surface area (Å²) < 4.78 is 5.30. The van der Waals surface area contributed by atoms with Crippen molar-refractivity contribution in [3.8, 4) is 0 Å². The van der Waals surface area contributed by atoms with Gasteiger partial charge in [-0.3, -0.25) is 14.9 Å². The number of nitrogens with one attached hydrogen (secondary N) is 2. The largest absolute Gasteiger partial charge is 0.381 e. The minimum Gasteiger partial charge on any atom is -0.381 e. The third kappa shape index (κ3) is 3.91. The van der Waals surface area contributed by atoms with Gasteiger partial charge in [-0.05, 0) is 30.9 Å². The van der Waals surface area contributed by atoms with Crippen molar-refractivity contribution < 1.29 is 14.5 Å². The van der Waals surface area contributed by atoms with E-state index in [2.05, 4.69) is 10.6 Å². The van der Waals surface area contributed by atoms with Gasteiger partial charge in [-0.1, -0.05) is 0 Å². The Morgan fingerprint density at radius 3 is 2.95 bits per heavy atom. The number of hydrogen-bond acceptors (Lipinski definition) is 5. The molecule has 0 aliphatic carbocycles. The Hall–Kier alpha value is -2.15. The van der Waals surface area contributed by atoms with Gasteiger partial charge in [0.15, 0.2) is 0 Å². The van der Waals surface area contributed by atoms with E-state index < -0.39 is 4.92 Å². The second-order valence-electron chi connectivity index (χ2n) is 5.01. The summed E-state index contributed by atoms with van der Waals surface area (Å²) in [7, 11) is 1.52. The SMILES string of the molecule is CNC(=O)c1ccc([N+](=O)[O-])c(NCCC2CCOC2)c1. The number of nitrogens with zero attached hydrogens (tertiary/aromatic N) is 1. The smallest absolute Gasteiger partial charge is 0.292 e. The second kappa shape index (κ2) is 7.03. The van der Waals surface area contributed by atoms with Crippen molar-refractivity contribution >= 4 is 17.3 Å². The van der Waals surface area contributed by atoms with Gasteiger partial charge in [0.25, 0.3) is 11.6 Å². The van der Waals surface area contributed by atoms with Gasteiger partial charge in [0.05, 0.1) is 4.92 Å². The first kappa shape index (κ1) is 15.2.